The second kappa shape index (κ2) is 13.1. The van der Waals surface area contributed by atoms with Gasteiger partial charge in [0.2, 0.25) is 0 Å². The lowest BCUT2D eigenvalue weighted by molar-refractivity contribution is -0.122. The van der Waals surface area contributed by atoms with Crippen molar-refractivity contribution in [2.75, 3.05) is 4.90 Å². The number of barbiturate groups is 1. The number of amides is 4. The van der Waals surface area contributed by atoms with E-state index < -0.39 is 17.8 Å². The molecular weight excluding hydrogens is 711 g/mol. The predicted molar refractivity (Wildman–Crippen MR) is 169 cm³/mol. The molecule has 0 saturated carbocycles. The number of benzene rings is 4. The molecule has 0 atom stereocenters. The quantitative estimate of drug-likeness (QED) is 0.146. The topological polar surface area (TPSA) is 84.9 Å². The Hall–Kier alpha value is -3.63. The summed E-state index contributed by atoms with van der Waals surface area (Å²) >= 11 is 19.1. The smallest absolute Gasteiger partial charge is 0.335 e. The van der Waals surface area contributed by atoms with Crippen LogP contribution < -0.4 is 19.7 Å². The standard InChI is InChI=1S/C31H20Br2Cl2N2O5/c32-21-4-1-18(2-5-21)16-41-25-10-8-24(9-11-25)37-30(39)26(29(38)36-31(37)40)14-20-13-22(33)6-12-28(20)42-17-19-3-7-23(34)15-27(19)35/h1-15H,16-17H2,(H,36,38,40)/b26-14+. The minimum Gasteiger partial charge on any atom is -0.489 e. The highest BCUT2D eigenvalue weighted by Crippen LogP contribution is 2.30. The van der Waals surface area contributed by atoms with Crippen LogP contribution in [0, 0.1) is 0 Å². The molecule has 7 nitrogen and oxygen atoms in total. The first-order valence-corrected chi connectivity index (χ1v) is 14.8. The van der Waals surface area contributed by atoms with Crippen LogP contribution in [-0.4, -0.2) is 17.8 Å². The van der Waals surface area contributed by atoms with E-state index in [2.05, 4.69) is 37.2 Å². The number of urea groups is 1. The number of hydrogen-bond donors (Lipinski definition) is 1. The van der Waals surface area contributed by atoms with Crippen LogP contribution in [0.5, 0.6) is 11.5 Å². The Bertz CT molecular complexity index is 1710. The molecule has 0 radical (unpaired) electrons. The number of hydrogen-bond acceptors (Lipinski definition) is 5. The molecule has 4 aromatic carbocycles. The predicted octanol–water partition coefficient (Wildman–Crippen LogP) is 8.34. The van der Waals surface area contributed by atoms with Gasteiger partial charge in [-0.1, -0.05) is 73.3 Å². The largest absolute Gasteiger partial charge is 0.489 e. The Kier molecular flexibility index (Phi) is 9.33. The second-order valence-corrected chi connectivity index (χ2v) is 11.7. The van der Waals surface area contributed by atoms with Crippen molar-refractivity contribution < 1.29 is 23.9 Å². The lowest BCUT2D eigenvalue weighted by atomic mass is 10.1. The van der Waals surface area contributed by atoms with Gasteiger partial charge in [-0.05, 0) is 78.4 Å². The number of nitrogens with one attached hydrogen (secondary N) is 1. The maximum absolute atomic E-state index is 13.5. The molecule has 0 aromatic heterocycles. The third-order valence-electron chi connectivity index (χ3n) is 6.19. The summed E-state index contributed by atoms with van der Waals surface area (Å²) in [5, 5.41) is 3.19. The van der Waals surface area contributed by atoms with Gasteiger partial charge in [-0.2, -0.15) is 0 Å². The highest BCUT2D eigenvalue weighted by Gasteiger charge is 2.37. The van der Waals surface area contributed by atoms with Crippen molar-refractivity contribution in [1.82, 2.24) is 5.32 Å². The monoisotopic (exact) mass is 728 g/mol. The molecule has 0 aliphatic carbocycles. The molecule has 42 heavy (non-hydrogen) atoms. The number of halogens is 4. The number of imide groups is 2. The van der Waals surface area contributed by atoms with E-state index in [4.69, 9.17) is 32.7 Å². The molecule has 4 amide bonds. The van der Waals surface area contributed by atoms with Crippen LogP contribution >= 0.6 is 55.1 Å². The molecular formula is C31H20Br2Cl2N2O5. The third kappa shape index (κ3) is 7.04. The summed E-state index contributed by atoms with van der Waals surface area (Å²) in [6.07, 6.45) is 1.39. The van der Waals surface area contributed by atoms with E-state index in [0.29, 0.717) is 43.8 Å². The lowest BCUT2D eigenvalue weighted by Crippen LogP contribution is -2.54. The van der Waals surface area contributed by atoms with E-state index >= 15 is 0 Å². The fraction of sp³-hybridized carbons (Fsp3) is 0.0645. The van der Waals surface area contributed by atoms with Gasteiger partial charge in [0.25, 0.3) is 11.8 Å². The Morgan fingerprint density at radius 1 is 0.786 bits per heavy atom. The van der Waals surface area contributed by atoms with E-state index in [0.717, 1.165) is 14.9 Å². The van der Waals surface area contributed by atoms with E-state index in [9.17, 15) is 14.4 Å². The van der Waals surface area contributed by atoms with Crippen molar-refractivity contribution in [2.45, 2.75) is 13.2 Å². The van der Waals surface area contributed by atoms with Gasteiger partial charge in [-0.15, -0.1) is 0 Å². The van der Waals surface area contributed by atoms with Crippen LogP contribution in [0.1, 0.15) is 16.7 Å². The maximum atomic E-state index is 13.5. The number of anilines is 1. The van der Waals surface area contributed by atoms with Crippen LogP contribution in [0.25, 0.3) is 6.08 Å². The Labute approximate surface area is 268 Å². The number of rotatable bonds is 8. The SMILES string of the molecule is O=C1NC(=O)N(c2ccc(OCc3ccc(Br)cc3)cc2)C(=O)/C1=C/c1cc(Br)ccc1OCc1ccc(Cl)cc1Cl. The van der Waals surface area contributed by atoms with Gasteiger partial charge in [0.1, 0.15) is 30.3 Å². The average molecular weight is 731 g/mol. The van der Waals surface area contributed by atoms with Crippen molar-refractivity contribution in [2.24, 2.45) is 0 Å². The summed E-state index contributed by atoms with van der Waals surface area (Å²) in [6.45, 7) is 0.465. The number of ether oxygens (including phenoxy) is 2. The van der Waals surface area contributed by atoms with Crippen LogP contribution in [0.2, 0.25) is 10.0 Å². The van der Waals surface area contributed by atoms with Gasteiger partial charge >= 0.3 is 6.03 Å². The van der Waals surface area contributed by atoms with E-state index in [1.807, 2.05) is 24.3 Å². The van der Waals surface area contributed by atoms with Gasteiger partial charge in [-0.25, -0.2) is 9.69 Å². The molecule has 0 unspecified atom stereocenters. The van der Waals surface area contributed by atoms with Gasteiger partial charge in [0.05, 0.1) is 5.69 Å². The van der Waals surface area contributed by atoms with Crippen molar-refractivity contribution in [1.29, 1.82) is 0 Å². The van der Waals surface area contributed by atoms with Gasteiger partial charge in [0.15, 0.2) is 0 Å². The Balaban J connectivity index is 1.36. The molecule has 5 rings (SSSR count). The Morgan fingerprint density at radius 3 is 2.21 bits per heavy atom. The number of carbonyl (C=O) groups is 3. The molecule has 11 heteroatoms. The van der Waals surface area contributed by atoms with Crippen molar-refractivity contribution in [3.63, 3.8) is 0 Å². The fourth-order valence-electron chi connectivity index (χ4n) is 4.04. The highest BCUT2D eigenvalue weighted by molar-refractivity contribution is 9.10. The summed E-state index contributed by atoms with van der Waals surface area (Å²) in [5.41, 5.74) is 2.16. The Morgan fingerprint density at radius 2 is 1.50 bits per heavy atom. The summed E-state index contributed by atoms with van der Waals surface area (Å²) in [7, 11) is 0. The second-order valence-electron chi connectivity index (χ2n) is 9.07. The summed E-state index contributed by atoms with van der Waals surface area (Å²) in [6, 6.07) is 23.5. The highest BCUT2D eigenvalue weighted by atomic mass is 79.9. The molecule has 0 bridgehead atoms. The van der Waals surface area contributed by atoms with Crippen LogP contribution in [0.4, 0.5) is 10.5 Å². The van der Waals surface area contributed by atoms with E-state index in [-0.39, 0.29) is 17.9 Å². The maximum Gasteiger partial charge on any atom is 0.335 e. The normalized spacial score (nSPS) is 14.2. The minimum absolute atomic E-state index is 0.120. The van der Waals surface area contributed by atoms with Crippen molar-refractivity contribution in [3.8, 4) is 11.5 Å². The first-order valence-electron chi connectivity index (χ1n) is 12.4. The molecule has 1 heterocycles. The molecule has 212 valence electrons. The number of nitrogens with zero attached hydrogens (tertiary/aromatic N) is 1. The first-order chi connectivity index (χ1) is 20.2. The zero-order chi connectivity index (χ0) is 29.8. The minimum atomic E-state index is -0.853. The molecule has 4 aromatic rings. The van der Waals surface area contributed by atoms with Crippen molar-refractivity contribution in [3.05, 3.63) is 126 Å². The molecule has 1 aliphatic rings. The van der Waals surface area contributed by atoms with Crippen LogP contribution in [0.15, 0.2) is 99.4 Å². The van der Waals surface area contributed by atoms with Crippen LogP contribution in [0.3, 0.4) is 0 Å². The molecule has 1 N–H and O–H groups in total. The fourth-order valence-corrected chi connectivity index (χ4v) is 5.15. The summed E-state index contributed by atoms with van der Waals surface area (Å²) in [4.78, 5) is 39.9. The van der Waals surface area contributed by atoms with Gasteiger partial charge in [0, 0.05) is 30.1 Å². The average Bonchev–Trinajstić information content (AvgIpc) is 2.96. The summed E-state index contributed by atoms with van der Waals surface area (Å²) in [5.74, 6) is -0.649. The van der Waals surface area contributed by atoms with Gasteiger partial charge < -0.3 is 9.47 Å². The van der Waals surface area contributed by atoms with Gasteiger partial charge in [-0.3, -0.25) is 14.9 Å². The van der Waals surface area contributed by atoms with Crippen LogP contribution in [-0.2, 0) is 22.8 Å². The van der Waals surface area contributed by atoms with Crippen molar-refractivity contribution >= 4 is 84.7 Å². The zero-order valence-electron chi connectivity index (χ0n) is 21.6. The molecule has 1 aliphatic heterocycles. The third-order valence-corrected chi connectivity index (χ3v) is 7.79. The molecule has 1 saturated heterocycles. The lowest BCUT2D eigenvalue weighted by Gasteiger charge is -2.26. The first kappa shape index (κ1) is 29.8. The van der Waals surface area contributed by atoms with E-state index in [1.165, 1.54) is 6.08 Å². The van der Waals surface area contributed by atoms with E-state index in [1.54, 1.807) is 60.7 Å². The zero-order valence-corrected chi connectivity index (χ0v) is 26.3. The summed E-state index contributed by atoms with van der Waals surface area (Å²) < 4.78 is 13.5. The molecule has 1 fully saturated rings. The molecule has 0 spiro atoms. The number of carbonyl (C=O) groups excluding carboxylic acids is 3.